The molecule has 6 nitrogen and oxygen atoms in total. The highest BCUT2D eigenvalue weighted by atomic mass is 16.1. The lowest BCUT2D eigenvalue weighted by atomic mass is 10.1. The molecular formula is C12H19N5O. The molecule has 0 aliphatic carbocycles. The van der Waals surface area contributed by atoms with E-state index < -0.39 is 5.91 Å². The molecule has 0 saturated carbocycles. The first-order chi connectivity index (χ1) is 8.69. The number of piperidine rings is 1. The second-order valence-electron chi connectivity index (χ2n) is 4.52. The predicted octanol–water partition coefficient (Wildman–Crippen LogP) is 0.472. The number of nitrogens with two attached hydrogens (primary N) is 1. The van der Waals surface area contributed by atoms with Gasteiger partial charge in [0.15, 0.2) is 5.69 Å². The topological polar surface area (TPSA) is 84.1 Å². The zero-order valence-corrected chi connectivity index (χ0v) is 10.6. The number of aromatic nitrogens is 2. The van der Waals surface area contributed by atoms with E-state index in [0.29, 0.717) is 11.9 Å². The minimum atomic E-state index is -0.551. The molecule has 0 unspecified atom stereocenters. The summed E-state index contributed by atoms with van der Waals surface area (Å²) in [4.78, 5) is 13.3. The Morgan fingerprint density at radius 3 is 2.67 bits per heavy atom. The van der Waals surface area contributed by atoms with Gasteiger partial charge in [-0.05, 0) is 31.5 Å². The number of carbonyl (C=O) groups excluding carboxylic acids is 1. The van der Waals surface area contributed by atoms with Gasteiger partial charge >= 0.3 is 0 Å². The van der Waals surface area contributed by atoms with E-state index in [-0.39, 0.29) is 5.69 Å². The van der Waals surface area contributed by atoms with Crippen molar-refractivity contribution in [2.24, 2.45) is 5.73 Å². The third-order valence-electron chi connectivity index (χ3n) is 3.30. The van der Waals surface area contributed by atoms with E-state index in [9.17, 15) is 4.79 Å². The third-order valence-corrected chi connectivity index (χ3v) is 3.30. The summed E-state index contributed by atoms with van der Waals surface area (Å²) in [5.74, 6) is 0.153. The third kappa shape index (κ3) is 3.16. The number of amides is 1. The molecule has 2 heterocycles. The summed E-state index contributed by atoms with van der Waals surface area (Å²) in [5.41, 5.74) is 5.31. The molecule has 1 amide bonds. The highest BCUT2D eigenvalue weighted by Crippen LogP contribution is 2.14. The van der Waals surface area contributed by atoms with Crippen molar-refractivity contribution in [2.45, 2.75) is 25.8 Å². The van der Waals surface area contributed by atoms with E-state index in [1.165, 1.54) is 0 Å². The van der Waals surface area contributed by atoms with E-state index >= 15 is 0 Å². The van der Waals surface area contributed by atoms with Crippen molar-refractivity contribution in [2.75, 3.05) is 25.0 Å². The second kappa shape index (κ2) is 5.77. The number of hydrogen-bond acceptors (Lipinski definition) is 5. The molecule has 1 saturated heterocycles. The molecule has 1 aliphatic rings. The summed E-state index contributed by atoms with van der Waals surface area (Å²) < 4.78 is 0. The molecule has 18 heavy (non-hydrogen) atoms. The van der Waals surface area contributed by atoms with Crippen molar-refractivity contribution in [1.29, 1.82) is 0 Å². The maximum atomic E-state index is 10.9. The lowest BCUT2D eigenvalue weighted by Gasteiger charge is -2.31. The highest BCUT2D eigenvalue weighted by molar-refractivity contribution is 5.90. The minimum absolute atomic E-state index is 0.196. The maximum absolute atomic E-state index is 10.9. The van der Waals surface area contributed by atoms with Crippen LogP contribution in [0.5, 0.6) is 0 Å². The normalized spacial score (nSPS) is 17.6. The molecule has 0 spiro atoms. The number of likely N-dealkylation sites (tertiary alicyclic amines) is 1. The van der Waals surface area contributed by atoms with E-state index in [0.717, 1.165) is 32.5 Å². The highest BCUT2D eigenvalue weighted by Gasteiger charge is 2.18. The number of primary amides is 1. The number of nitrogens with one attached hydrogen (secondary N) is 1. The summed E-state index contributed by atoms with van der Waals surface area (Å²) in [6.45, 7) is 5.52. The Kier molecular flexibility index (Phi) is 4.09. The summed E-state index contributed by atoms with van der Waals surface area (Å²) in [7, 11) is 0. The van der Waals surface area contributed by atoms with Gasteiger partial charge in [0.25, 0.3) is 5.91 Å². The molecule has 6 heteroatoms. The van der Waals surface area contributed by atoms with E-state index in [2.05, 4.69) is 27.3 Å². The summed E-state index contributed by atoms with van der Waals surface area (Å²) >= 11 is 0. The smallest absolute Gasteiger partial charge is 0.269 e. The van der Waals surface area contributed by atoms with E-state index in [1.807, 2.05) is 0 Å². The molecule has 0 bridgehead atoms. The van der Waals surface area contributed by atoms with Crippen molar-refractivity contribution in [1.82, 2.24) is 15.1 Å². The number of rotatable bonds is 4. The molecule has 98 valence electrons. The van der Waals surface area contributed by atoms with Crippen LogP contribution < -0.4 is 11.1 Å². The fourth-order valence-corrected chi connectivity index (χ4v) is 2.14. The van der Waals surface area contributed by atoms with Gasteiger partial charge in [0.05, 0.1) is 0 Å². The molecule has 1 fully saturated rings. The van der Waals surface area contributed by atoms with Crippen LogP contribution in [-0.4, -0.2) is 46.7 Å². The van der Waals surface area contributed by atoms with Crippen LogP contribution in [0.1, 0.15) is 30.3 Å². The van der Waals surface area contributed by atoms with Crippen LogP contribution in [0, 0.1) is 0 Å². The first kappa shape index (κ1) is 12.8. The van der Waals surface area contributed by atoms with Crippen LogP contribution in [0.15, 0.2) is 12.1 Å². The molecule has 0 radical (unpaired) electrons. The minimum Gasteiger partial charge on any atom is -0.366 e. The molecule has 1 aromatic heterocycles. The second-order valence-corrected chi connectivity index (χ2v) is 4.52. The van der Waals surface area contributed by atoms with Crippen LogP contribution in [0.3, 0.4) is 0 Å². The average Bonchev–Trinajstić information content (AvgIpc) is 2.40. The van der Waals surface area contributed by atoms with Crippen LogP contribution in [0.2, 0.25) is 0 Å². The van der Waals surface area contributed by atoms with Crippen molar-refractivity contribution >= 4 is 11.7 Å². The van der Waals surface area contributed by atoms with Gasteiger partial charge in [0, 0.05) is 19.1 Å². The predicted molar refractivity (Wildman–Crippen MR) is 69.3 cm³/mol. The Hall–Kier alpha value is -1.69. The zero-order valence-electron chi connectivity index (χ0n) is 10.6. The lowest BCUT2D eigenvalue weighted by Crippen LogP contribution is -2.39. The standard InChI is InChI=1S/C12H19N5O/c1-2-17-7-5-9(6-8-17)14-11-4-3-10(12(13)18)15-16-11/h3-4,9H,2,5-8H2,1H3,(H2,13,18)(H,14,16). The fraction of sp³-hybridized carbons (Fsp3) is 0.583. The molecule has 3 N–H and O–H groups in total. The largest absolute Gasteiger partial charge is 0.366 e. The van der Waals surface area contributed by atoms with Crippen LogP contribution >= 0.6 is 0 Å². The Bertz CT molecular complexity index is 397. The van der Waals surface area contributed by atoms with Crippen molar-refractivity contribution in [3.05, 3.63) is 17.8 Å². The average molecular weight is 249 g/mol. The molecule has 0 aromatic carbocycles. The van der Waals surface area contributed by atoms with Crippen LogP contribution in [0.25, 0.3) is 0 Å². The Balaban J connectivity index is 1.88. The zero-order chi connectivity index (χ0) is 13.0. The van der Waals surface area contributed by atoms with Gasteiger partial charge in [0.1, 0.15) is 5.82 Å². The van der Waals surface area contributed by atoms with Gasteiger partial charge in [-0.25, -0.2) is 0 Å². The van der Waals surface area contributed by atoms with Crippen molar-refractivity contribution in [3.63, 3.8) is 0 Å². The SMILES string of the molecule is CCN1CCC(Nc2ccc(C(N)=O)nn2)CC1. The van der Waals surface area contributed by atoms with Gasteiger partial charge in [-0.3, -0.25) is 4.79 Å². The van der Waals surface area contributed by atoms with Gasteiger partial charge in [0.2, 0.25) is 0 Å². The first-order valence-corrected chi connectivity index (χ1v) is 6.31. The van der Waals surface area contributed by atoms with Gasteiger partial charge in [-0.1, -0.05) is 6.92 Å². The number of nitrogens with zero attached hydrogens (tertiary/aromatic N) is 3. The fourth-order valence-electron chi connectivity index (χ4n) is 2.14. The van der Waals surface area contributed by atoms with E-state index in [1.54, 1.807) is 12.1 Å². The van der Waals surface area contributed by atoms with Crippen molar-refractivity contribution in [3.8, 4) is 0 Å². The van der Waals surface area contributed by atoms with E-state index in [4.69, 9.17) is 5.73 Å². The lowest BCUT2D eigenvalue weighted by molar-refractivity contribution is 0.0994. The number of carbonyl (C=O) groups is 1. The number of anilines is 1. The summed E-state index contributed by atoms with van der Waals surface area (Å²) in [6, 6.07) is 3.78. The first-order valence-electron chi connectivity index (χ1n) is 6.31. The van der Waals surface area contributed by atoms with Crippen molar-refractivity contribution < 1.29 is 4.79 Å². The quantitative estimate of drug-likeness (QED) is 0.810. The Morgan fingerprint density at radius 2 is 2.17 bits per heavy atom. The maximum Gasteiger partial charge on any atom is 0.269 e. The monoisotopic (exact) mass is 249 g/mol. The van der Waals surface area contributed by atoms with Crippen LogP contribution in [-0.2, 0) is 0 Å². The molecule has 2 rings (SSSR count). The van der Waals surface area contributed by atoms with Gasteiger partial charge < -0.3 is 16.0 Å². The summed E-state index contributed by atoms with van der Waals surface area (Å²) in [6.07, 6.45) is 2.21. The molecule has 0 atom stereocenters. The summed E-state index contributed by atoms with van der Waals surface area (Å²) in [5, 5.41) is 11.1. The van der Waals surface area contributed by atoms with Gasteiger partial charge in [-0.2, -0.15) is 0 Å². The van der Waals surface area contributed by atoms with Crippen LogP contribution in [0.4, 0.5) is 5.82 Å². The Morgan fingerprint density at radius 1 is 1.44 bits per heavy atom. The molecular weight excluding hydrogens is 230 g/mol. The number of hydrogen-bond donors (Lipinski definition) is 2. The Labute approximate surface area is 107 Å². The molecule has 1 aliphatic heterocycles. The van der Waals surface area contributed by atoms with Gasteiger partial charge in [-0.15, -0.1) is 10.2 Å². The molecule has 1 aromatic rings.